The van der Waals surface area contributed by atoms with Gasteiger partial charge in [0.1, 0.15) is 36.2 Å². The molecular formula is C33H39N7O5. The fraction of sp³-hybridized carbons (Fsp3) is 0.364. The molecule has 0 saturated heterocycles. The quantitative estimate of drug-likeness (QED) is 0.261. The standard InChI is InChI=1S/C33H39N7O5/c1-23-17-40(24(2)21-41)33(43)16-26-15-27(35-32(42)20-39-22-34-36-37-39)11-14-30(26)45-31(23)19-38(3)18-25-9-12-29(13-10-25)44-28-7-5-4-6-8-28/h4-15,22-24,31,41H,16-21H2,1-3H3,(H,35,42)/t23-,24+,31-/m0/s1. The number of aliphatic hydroxyl groups is 1. The first-order valence-electron chi connectivity index (χ1n) is 15.0. The number of tetrazole rings is 1. The van der Waals surface area contributed by atoms with Crippen molar-refractivity contribution in [2.45, 2.75) is 45.5 Å². The summed E-state index contributed by atoms with van der Waals surface area (Å²) >= 11 is 0. The zero-order valence-electron chi connectivity index (χ0n) is 25.7. The summed E-state index contributed by atoms with van der Waals surface area (Å²) in [5.74, 6) is 1.70. The van der Waals surface area contributed by atoms with Crippen LogP contribution in [0.5, 0.6) is 17.2 Å². The SMILES string of the molecule is C[C@H](CO)N1C[C@H](C)[C@H](CN(C)Cc2ccc(Oc3ccccc3)cc2)Oc2ccc(NC(=O)Cn3cnnn3)cc2CC1=O. The molecule has 3 aromatic carbocycles. The molecular weight excluding hydrogens is 574 g/mol. The van der Waals surface area contributed by atoms with Crippen LogP contribution >= 0.6 is 0 Å². The third kappa shape index (κ3) is 8.64. The third-order valence-electron chi connectivity index (χ3n) is 7.74. The van der Waals surface area contributed by atoms with Crippen molar-refractivity contribution >= 4 is 17.5 Å². The van der Waals surface area contributed by atoms with E-state index in [1.807, 2.05) is 56.4 Å². The van der Waals surface area contributed by atoms with Crippen molar-refractivity contribution in [3.63, 3.8) is 0 Å². The summed E-state index contributed by atoms with van der Waals surface area (Å²) in [6.07, 6.45) is 1.18. The second-order valence-electron chi connectivity index (χ2n) is 11.5. The Kier molecular flexibility index (Phi) is 10.4. The summed E-state index contributed by atoms with van der Waals surface area (Å²) in [4.78, 5) is 30.0. The van der Waals surface area contributed by atoms with Crippen LogP contribution in [0.25, 0.3) is 0 Å². The number of benzene rings is 3. The predicted octanol–water partition coefficient (Wildman–Crippen LogP) is 3.39. The lowest BCUT2D eigenvalue weighted by atomic mass is 10.0. The monoisotopic (exact) mass is 613 g/mol. The number of carbonyl (C=O) groups is 2. The van der Waals surface area contributed by atoms with Gasteiger partial charge in [-0.25, -0.2) is 4.68 Å². The smallest absolute Gasteiger partial charge is 0.246 e. The van der Waals surface area contributed by atoms with Crippen molar-refractivity contribution in [2.24, 2.45) is 5.92 Å². The number of nitrogens with zero attached hydrogens (tertiary/aromatic N) is 6. The molecule has 0 unspecified atom stereocenters. The molecule has 12 nitrogen and oxygen atoms in total. The summed E-state index contributed by atoms with van der Waals surface area (Å²) in [5, 5.41) is 23.6. The fourth-order valence-corrected chi connectivity index (χ4v) is 5.30. The molecule has 236 valence electrons. The lowest BCUT2D eigenvalue weighted by molar-refractivity contribution is -0.134. The Balaban J connectivity index is 1.30. The minimum absolute atomic E-state index is 0.0336. The molecule has 2 N–H and O–H groups in total. The summed E-state index contributed by atoms with van der Waals surface area (Å²) in [6.45, 7) is 5.44. The first-order valence-corrected chi connectivity index (χ1v) is 15.0. The van der Waals surface area contributed by atoms with Gasteiger partial charge in [0.05, 0.1) is 19.1 Å². The molecule has 1 aliphatic rings. The van der Waals surface area contributed by atoms with Gasteiger partial charge >= 0.3 is 0 Å². The number of ether oxygens (including phenoxy) is 2. The van der Waals surface area contributed by atoms with Crippen LogP contribution in [0, 0.1) is 5.92 Å². The second kappa shape index (κ2) is 14.8. The van der Waals surface area contributed by atoms with Crippen molar-refractivity contribution in [3.8, 4) is 17.2 Å². The first-order chi connectivity index (χ1) is 21.8. The van der Waals surface area contributed by atoms with E-state index < -0.39 is 0 Å². The van der Waals surface area contributed by atoms with Gasteiger partial charge in [-0.1, -0.05) is 37.3 Å². The number of para-hydroxylation sites is 1. The highest BCUT2D eigenvalue weighted by atomic mass is 16.5. The number of hydrogen-bond donors (Lipinski definition) is 2. The maximum absolute atomic E-state index is 13.5. The average molecular weight is 614 g/mol. The highest BCUT2D eigenvalue weighted by Gasteiger charge is 2.31. The molecule has 1 aromatic heterocycles. The molecule has 12 heteroatoms. The Morgan fingerprint density at radius 2 is 1.89 bits per heavy atom. The Hall–Kier alpha value is -4.81. The highest BCUT2D eigenvalue weighted by Crippen LogP contribution is 2.29. The van der Waals surface area contributed by atoms with Crippen LogP contribution in [0.2, 0.25) is 0 Å². The normalized spacial score (nSPS) is 17.4. The molecule has 0 aliphatic carbocycles. The van der Waals surface area contributed by atoms with Gasteiger partial charge in [-0.2, -0.15) is 0 Å². The fourth-order valence-electron chi connectivity index (χ4n) is 5.30. The van der Waals surface area contributed by atoms with Crippen molar-refractivity contribution in [1.29, 1.82) is 0 Å². The summed E-state index contributed by atoms with van der Waals surface area (Å²) in [7, 11) is 2.04. The van der Waals surface area contributed by atoms with Crippen LogP contribution in [0.4, 0.5) is 5.69 Å². The Morgan fingerprint density at radius 1 is 1.13 bits per heavy atom. The number of aromatic nitrogens is 4. The zero-order chi connectivity index (χ0) is 31.8. The van der Waals surface area contributed by atoms with Gasteiger partial charge in [-0.05, 0) is 72.4 Å². The Labute approximate surface area is 262 Å². The lowest BCUT2D eigenvalue weighted by Gasteiger charge is -2.34. The molecule has 0 radical (unpaired) electrons. The van der Waals surface area contributed by atoms with Gasteiger partial charge in [0.15, 0.2) is 0 Å². The first kappa shape index (κ1) is 31.6. The van der Waals surface area contributed by atoms with Crippen molar-refractivity contribution in [2.75, 3.05) is 32.1 Å². The molecule has 1 aliphatic heterocycles. The number of likely N-dealkylation sites (N-methyl/N-ethyl adjacent to an activating group) is 1. The summed E-state index contributed by atoms with van der Waals surface area (Å²) < 4.78 is 13.9. The molecule has 45 heavy (non-hydrogen) atoms. The number of anilines is 1. The molecule has 0 fully saturated rings. The number of rotatable bonds is 11. The molecule has 0 spiro atoms. The second-order valence-corrected chi connectivity index (χ2v) is 11.5. The Morgan fingerprint density at radius 3 is 2.60 bits per heavy atom. The maximum Gasteiger partial charge on any atom is 0.246 e. The molecule has 0 bridgehead atoms. The molecule has 3 atom stereocenters. The molecule has 5 rings (SSSR count). The van der Waals surface area contributed by atoms with Crippen LogP contribution in [-0.2, 0) is 29.1 Å². The number of amides is 2. The Bertz CT molecular complexity index is 1550. The van der Waals surface area contributed by atoms with Gasteiger partial charge in [-0.3, -0.25) is 14.5 Å². The van der Waals surface area contributed by atoms with Crippen molar-refractivity contribution in [3.05, 3.63) is 90.3 Å². The van der Waals surface area contributed by atoms with E-state index in [1.165, 1.54) is 11.0 Å². The third-order valence-corrected chi connectivity index (χ3v) is 7.74. The average Bonchev–Trinajstić information content (AvgIpc) is 3.55. The largest absolute Gasteiger partial charge is 0.488 e. The summed E-state index contributed by atoms with van der Waals surface area (Å²) in [6, 6.07) is 22.7. The molecule has 2 heterocycles. The van der Waals surface area contributed by atoms with Crippen LogP contribution in [-0.4, -0.2) is 85.8 Å². The number of nitrogens with one attached hydrogen (secondary N) is 1. The van der Waals surface area contributed by atoms with Crippen molar-refractivity contribution in [1.82, 2.24) is 30.0 Å². The molecule has 0 saturated carbocycles. The van der Waals surface area contributed by atoms with Gasteiger partial charge in [0.25, 0.3) is 0 Å². The van der Waals surface area contributed by atoms with E-state index in [4.69, 9.17) is 9.47 Å². The van der Waals surface area contributed by atoms with E-state index >= 15 is 0 Å². The van der Waals surface area contributed by atoms with E-state index in [2.05, 4.69) is 44.8 Å². The van der Waals surface area contributed by atoms with Gasteiger partial charge in [0, 0.05) is 36.8 Å². The topological polar surface area (TPSA) is 135 Å². The van der Waals surface area contributed by atoms with E-state index in [0.717, 1.165) is 17.1 Å². The van der Waals surface area contributed by atoms with Gasteiger partial charge < -0.3 is 24.8 Å². The van der Waals surface area contributed by atoms with E-state index in [1.54, 1.807) is 23.1 Å². The number of carbonyl (C=O) groups excluding carboxylic acids is 2. The molecule has 2 amide bonds. The van der Waals surface area contributed by atoms with Crippen LogP contribution in [0.15, 0.2) is 79.1 Å². The lowest BCUT2D eigenvalue weighted by Crippen LogP contribution is -2.47. The molecule has 4 aromatic rings. The van der Waals surface area contributed by atoms with E-state index in [-0.39, 0.29) is 49.5 Å². The highest BCUT2D eigenvalue weighted by molar-refractivity contribution is 5.91. The van der Waals surface area contributed by atoms with Crippen LogP contribution < -0.4 is 14.8 Å². The minimum Gasteiger partial charge on any atom is -0.488 e. The van der Waals surface area contributed by atoms with Gasteiger partial charge in [-0.15, -0.1) is 5.10 Å². The van der Waals surface area contributed by atoms with Gasteiger partial charge in [0.2, 0.25) is 11.8 Å². The van der Waals surface area contributed by atoms with Crippen molar-refractivity contribution < 1.29 is 24.2 Å². The van der Waals surface area contributed by atoms with E-state index in [9.17, 15) is 14.7 Å². The number of aliphatic hydroxyl groups excluding tert-OH is 1. The van der Waals surface area contributed by atoms with E-state index in [0.29, 0.717) is 36.6 Å². The predicted molar refractivity (Wildman–Crippen MR) is 168 cm³/mol. The minimum atomic E-state index is -0.351. The zero-order valence-corrected chi connectivity index (χ0v) is 25.7. The summed E-state index contributed by atoms with van der Waals surface area (Å²) in [5.41, 5.74) is 2.32. The van der Waals surface area contributed by atoms with Crippen LogP contribution in [0.1, 0.15) is 25.0 Å². The number of fused-ring (bicyclic) bond motifs is 1. The number of hydrogen-bond acceptors (Lipinski definition) is 9. The van der Waals surface area contributed by atoms with Crippen LogP contribution in [0.3, 0.4) is 0 Å². The maximum atomic E-state index is 13.5.